The van der Waals surface area contributed by atoms with Gasteiger partial charge < -0.3 is 0 Å². The lowest BCUT2D eigenvalue weighted by molar-refractivity contribution is 1.08. The second kappa shape index (κ2) is 9.50. The summed E-state index contributed by atoms with van der Waals surface area (Å²) in [6.45, 7) is 0. The molecule has 0 fully saturated rings. The zero-order chi connectivity index (χ0) is 27.2. The van der Waals surface area contributed by atoms with E-state index in [4.69, 9.17) is 19.9 Å². The maximum atomic E-state index is 5.20. The van der Waals surface area contributed by atoms with Gasteiger partial charge in [0.1, 0.15) is 5.65 Å². The van der Waals surface area contributed by atoms with Gasteiger partial charge in [-0.1, -0.05) is 109 Å². The summed E-state index contributed by atoms with van der Waals surface area (Å²) in [5.41, 5.74) is 9.54. The first-order valence-electron chi connectivity index (χ1n) is 13.6. The molecule has 3 heterocycles. The van der Waals surface area contributed by atoms with Gasteiger partial charge in [-0.2, -0.15) is 0 Å². The van der Waals surface area contributed by atoms with E-state index in [0.29, 0.717) is 11.6 Å². The number of imidazole rings is 1. The molecule has 0 atom stereocenters. The highest BCUT2D eigenvalue weighted by molar-refractivity contribution is 6.00. The van der Waals surface area contributed by atoms with Crippen LogP contribution in [0.5, 0.6) is 0 Å². The molecule has 0 aliphatic carbocycles. The van der Waals surface area contributed by atoms with Crippen LogP contribution < -0.4 is 0 Å². The molecular weight excluding hydrogens is 502 g/mol. The van der Waals surface area contributed by atoms with Crippen molar-refractivity contribution in [2.75, 3.05) is 0 Å². The molecule has 0 N–H and O–H groups in total. The van der Waals surface area contributed by atoms with Crippen molar-refractivity contribution in [2.45, 2.75) is 0 Å². The Morgan fingerprint density at radius 3 is 1.66 bits per heavy atom. The molecule has 5 heteroatoms. The normalized spacial score (nSPS) is 11.4. The zero-order valence-electron chi connectivity index (χ0n) is 22.0. The van der Waals surface area contributed by atoms with E-state index in [9.17, 15) is 0 Å². The van der Waals surface area contributed by atoms with E-state index in [2.05, 4.69) is 77.2 Å². The van der Waals surface area contributed by atoms with Gasteiger partial charge in [0.15, 0.2) is 11.6 Å². The van der Waals surface area contributed by atoms with Gasteiger partial charge in [-0.25, -0.2) is 19.9 Å². The molecule has 3 aromatic heterocycles. The molecule has 41 heavy (non-hydrogen) atoms. The van der Waals surface area contributed by atoms with Crippen LogP contribution >= 0.6 is 0 Å². The van der Waals surface area contributed by atoms with Crippen molar-refractivity contribution >= 4 is 27.6 Å². The maximum Gasteiger partial charge on any atom is 0.197 e. The van der Waals surface area contributed by atoms with Crippen LogP contribution in [0.15, 0.2) is 140 Å². The van der Waals surface area contributed by atoms with Crippen LogP contribution in [0.3, 0.4) is 0 Å². The first kappa shape index (κ1) is 23.2. The predicted molar refractivity (Wildman–Crippen MR) is 165 cm³/mol. The summed E-state index contributed by atoms with van der Waals surface area (Å²) >= 11 is 0. The minimum absolute atomic E-state index is 0.549. The topological polar surface area (TPSA) is 56.0 Å². The second-order valence-electron chi connectivity index (χ2n) is 9.99. The fourth-order valence-electron chi connectivity index (χ4n) is 5.42. The maximum absolute atomic E-state index is 5.20. The molecule has 0 radical (unpaired) electrons. The number of aromatic nitrogens is 5. The van der Waals surface area contributed by atoms with Gasteiger partial charge in [-0.3, -0.25) is 4.40 Å². The van der Waals surface area contributed by atoms with Gasteiger partial charge >= 0.3 is 0 Å². The van der Waals surface area contributed by atoms with Gasteiger partial charge in [-0.15, -0.1) is 0 Å². The molecule has 0 aliphatic heterocycles. The van der Waals surface area contributed by atoms with Gasteiger partial charge in [-0.05, 0) is 41.5 Å². The van der Waals surface area contributed by atoms with Crippen molar-refractivity contribution < 1.29 is 0 Å². The summed E-state index contributed by atoms with van der Waals surface area (Å²) in [5.74, 6) is 1.20. The van der Waals surface area contributed by atoms with Crippen LogP contribution in [0, 0.1) is 0 Å². The van der Waals surface area contributed by atoms with E-state index in [1.165, 1.54) is 0 Å². The van der Waals surface area contributed by atoms with Gasteiger partial charge in [0.2, 0.25) is 0 Å². The minimum Gasteiger partial charge on any atom is -0.273 e. The lowest BCUT2D eigenvalue weighted by Gasteiger charge is -2.12. The number of nitrogens with zero attached hydrogens (tertiary/aromatic N) is 5. The molecule has 8 aromatic rings. The Morgan fingerprint density at radius 2 is 1.00 bits per heavy atom. The Bertz CT molecular complexity index is 2130. The highest BCUT2D eigenvalue weighted by atomic mass is 15.1. The van der Waals surface area contributed by atoms with Crippen molar-refractivity contribution in [2.24, 2.45) is 0 Å². The van der Waals surface area contributed by atoms with Crippen LogP contribution in [-0.2, 0) is 0 Å². The lowest BCUT2D eigenvalue weighted by Crippen LogP contribution is -2.03. The van der Waals surface area contributed by atoms with E-state index in [0.717, 1.165) is 61.2 Å². The first-order chi connectivity index (χ1) is 20.3. The van der Waals surface area contributed by atoms with Crippen molar-refractivity contribution in [1.82, 2.24) is 24.3 Å². The average Bonchev–Trinajstić information content (AvgIpc) is 3.45. The summed E-state index contributed by atoms with van der Waals surface area (Å²) in [7, 11) is 0. The summed E-state index contributed by atoms with van der Waals surface area (Å²) in [6.07, 6.45) is 0. The van der Waals surface area contributed by atoms with E-state index >= 15 is 0 Å². The van der Waals surface area contributed by atoms with Crippen molar-refractivity contribution in [3.8, 4) is 45.3 Å². The predicted octanol–water partition coefficient (Wildman–Crippen LogP) is 8.49. The third-order valence-corrected chi connectivity index (χ3v) is 7.41. The molecule has 0 amide bonds. The number of hydrogen-bond acceptors (Lipinski definition) is 4. The standard InChI is InChI=1S/C36H23N5/c1-4-12-24(13-5-1)27-20-21-29-28(22-27)35-40-30-18-10-11-19-33(30)41(35)36(39-29)34-37-31(25-14-6-2-7-15-25)23-32(38-34)26-16-8-3-9-17-26/h1-23H. The van der Waals surface area contributed by atoms with Crippen molar-refractivity contribution in [3.63, 3.8) is 0 Å². The van der Waals surface area contributed by atoms with Crippen molar-refractivity contribution in [3.05, 3.63) is 140 Å². The van der Waals surface area contributed by atoms with E-state index in [-0.39, 0.29) is 0 Å². The molecule has 8 rings (SSSR count). The van der Waals surface area contributed by atoms with Crippen LogP contribution in [0.2, 0.25) is 0 Å². The van der Waals surface area contributed by atoms with E-state index in [1.807, 2.05) is 66.7 Å². The summed E-state index contributed by atoms with van der Waals surface area (Å²) in [6, 6.07) is 47.4. The fraction of sp³-hybridized carbons (Fsp3) is 0. The third-order valence-electron chi connectivity index (χ3n) is 7.41. The minimum atomic E-state index is 0.549. The summed E-state index contributed by atoms with van der Waals surface area (Å²) < 4.78 is 2.10. The molecule has 0 spiro atoms. The Hall–Kier alpha value is -5.68. The Balaban J connectivity index is 1.45. The molecule has 0 unspecified atom stereocenters. The van der Waals surface area contributed by atoms with Gasteiger partial charge in [0.05, 0.1) is 27.9 Å². The molecule has 0 bridgehead atoms. The number of fused-ring (bicyclic) bond motifs is 5. The van der Waals surface area contributed by atoms with Crippen LogP contribution in [0.4, 0.5) is 0 Å². The smallest absolute Gasteiger partial charge is 0.197 e. The number of para-hydroxylation sites is 2. The first-order valence-corrected chi connectivity index (χ1v) is 13.6. The van der Waals surface area contributed by atoms with Crippen LogP contribution in [-0.4, -0.2) is 24.3 Å². The number of hydrogen-bond donors (Lipinski definition) is 0. The fourth-order valence-corrected chi connectivity index (χ4v) is 5.42. The molecule has 0 saturated heterocycles. The Kier molecular flexibility index (Phi) is 5.38. The average molecular weight is 526 g/mol. The Morgan fingerprint density at radius 1 is 0.415 bits per heavy atom. The highest BCUT2D eigenvalue weighted by Crippen LogP contribution is 2.33. The highest BCUT2D eigenvalue weighted by Gasteiger charge is 2.19. The Labute approximate surface area is 236 Å². The quantitative estimate of drug-likeness (QED) is 0.231. The molecule has 0 saturated carbocycles. The van der Waals surface area contributed by atoms with E-state index in [1.54, 1.807) is 0 Å². The van der Waals surface area contributed by atoms with Crippen LogP contribution in [0.1, 0.15) is 0 Å². The summed E-state index contributed by atoms with van der Waals surface area (Å²) in [4.78, 5) is 20.5. The van der Waals surface area contributed by atoms with Gasteiger partial charge in [0.25, 0.3) is 0 Å². The lowest BCUT2D eigenvalue weighted by atomic mass is 10.0. The SMILES string of the molecule is c1ccc(-c2ccc3nc(-c4nc(-c5ccccc5)cc(-c5ccccc5)n4)n4c5ccccc5nc4c3c2)cc1. The van der Waals surface area contributed by atoms with Gasteiger partial charge in [0, 0.05) is 16.5 Å². The molecule has 5 aromatic carbocycles. The zero-order valence-corrected chi connectivity index (χ0v) is 22.0. The molecule has 5 nitrogen and oxygen atoms in total. The second-order valence-corrected chi connectivity index (χ2v) is 9.99. The largest absolute Gasteiger partial charge is 0.273 e. The van der Waals surface area contributed by atoms with Crippen molar-refractivity contribution in [1.29, 1.82) is 0 Å². The monoisotopic (exact) mass is 525 g/mol. The molecule has 192 valence electrons. The molecular formula is C36H23N5. The van der Waals surface area contributed by atoms with E-state index < -0.39 is 0 Å². The number of benzene rings is 5. The molecule has 0 aliphatic rings. The third kappa shape index (κ3) is 4.03. The van der Waals surface area contributed by atoms with Crippen LogP contribution in [0.25, 0.3) is 72.9 Å². The summed E-state index contributed by atoms with van der Waals surface area (Å²) in [5, 5.41) is 0.980. The number of rotatable bonds is 4.